The Morgan fingerprint density at radius 3 is 2.25 bits per heavy atom. The number of rotatable bonds is 2. The summed E-state index contributed by atoms with van der Waals surface area (Å²) < 4.78 is 6.30. The molecule has 12 heavy (non-hydrogen) atoms. The molecule has 0 spiro atoms. The first kappa shape index (κ1) is 10.3. The van der Waals surface area contributed by atoms with Crippen molar-refractivity contribution < 1.29 is 4.74 Å². The Labute approximate surface area is 99.5 Å². The summed E-state index contributed by atoms with van der Waals surface area (Å²) in [7, 11) is 1.67. The first-order valence-electron chi connectivity index (χ1n) is 3.39. The van der Waals surface area contributed by atoms with Gasteiger partial charge in [0.05, 0.1) is 8.70 Å². The molecule has 0 fully saturated rings. The second-order valence-corrected chi connectivity index (χ2v) is 6.60. The molecule has 64 valence electrons. The van der Waals surface area contributed by atoms with Gasteiger partial charge in [-0.25, -0.2) is 0 Å². The highest BCUT2D eigenvalue weighted by Gasteiger charge is 1.90. The minimum atomic E-state index is 0.899. The minimum Gasteiger partial charge on any atom is -0.497 e. The molecular formula is C9H8I2O. The summed E-state index contributed by atoms with van der Waals surface area (Å²) in [4.78, 5) is 0. The Bertz CT molecular complexity index is 273. The molecule has 0 aliphatic rings. The van der Waals surface area contributed by atoms with Crippen LogP contribution < -0.4 is 4.74 Å². The van der Waals surface area contributed by atoms with Crippen molar-refractivity contribution in [1.29, 1.82) is 0 Å². The summed E-state index contributed by atoms with van der Waals surface area (Å²) in [6, 6.07) is 8.00. The fourth-order valence-corrected chi connectivity index (χ4v) is 1.55. The maximum absolute atomic E-state index is 5.05. The summed E-state index contributed by atoms with van der Waals surface area (Å²) in [5.74, 6) is 0.899. The standard InChI is InChI=1S/C9H8I2O/c1-12-8-4-2-7(3-5-8)6-9(10)11/h2-6H,1H3. The zero-order valence-corrected chi connectivity index (χ0v) is 10.9. The zero-order valence-electron chi connectivity index (χ0n) is 6.55. The zero-order chi connectivity index (χ0) is 8.97. The Morgan fingerprint density at radius 2 is 1.83 bits per heavy atom. The first-order valence-corrected chi connectivity index (χ1v) is 5.55. The van der Waals surface area contributed by atoms with E-state index in [1.165, 1.54) is 7.15 Å². The van der Waals surface area contributed by atoms with Gasteiger partial charge in [0.25, 0.3) is 0 Å². The molecule has 0 amide bonds. The topological polar surface area (TPSA) is 9.23 Å². The highest BCUT2D eigenvalue weighted by molar-refractivity contribution is 14.2. The van der Waals surface area contributed by atoms with E-state index in [9.17, 15) is 0 Å². The van der Waals surface area contributed by atoms with Crippen LogP contribution in [0.2, 0.25) is 0 Å². The minimum absolute atomic E-state index is 0.899. The number of ether oxygens (including phenoxy) is 1. The first-order chi connectivity index (χ1) is 5.72. The van der Waals surface area contributed by atoms with Crippen molar-refractivity contribution in [2.24, 2.45) is 0 Å². The lowest BCUT2D eigenvalue weighted by molar-refractivity contribution is 0.415. The van der Waals surface area contributed by atoms with Crippen LogP contribution in [-0.4, -0.2) is 7.11 Å². The van der Waals surface area contributed by atoms with Gasteiger partial charge in [0, 0.05) is 0 Å². The molecule has 0 aliphatic carbocycles. The molecule has 0 saturated heterocycles. The van der Waals surface area contributed by atoms with Gasteiger partial charge in [0.15, 0.2) is 0 Å². The van der Waals surface area contributed by atoms with Gasteiger partial charge >= 0.3 is 0 Å². The summed E-state index contributed by atoms with van der Waals surface area (Å²) in [6.07, 6.45) is 2.11. The normalized spacial score (nSPS) is 9.25. The third kappa shape index (κ3) is 3.30. The largest absolute Gasteiger partial charge is 0.497 e. The monoisotopic (exact) mass is 386 g/mol. The van der Waals surface area contributed by atoms with Crippen LogP contribution in [0.15, 0.2) is 25.9 Å². The molecule has 1 aromatic rings. The van der Waals surface area contributed by atoms with Crippen LogP contribution in [0, 0.1) is 0 Å². The van der Waals surface area contributed by atoms with E-state index in [4.69, 9.17) is 4.74 Å². The molecule has 0 atom stereocenters. The maximum atomic E-state index is 5.05. The van der Waals surface area contributed by atoms with Gasteiger partial charge < -0.3 is 4.74 Å². The van der Waals surface area contributed by atoms with Crippen LogP contribution in [-0.2, 0) is 0 Å². The molecule has 0 heterocycles. The van der Waals surface area contributed by atoms with E-state index in [1.54, 1.807) is 7.11 Å². The number of hydrogen-bond donors (Lipinski definition) is 0. The van der Waals surface area contributed by atoms with Crippen molar-refractivity contribution in [3.8, 4) is 5.75 Å². The fourth-order valence-electron chi connectivity index (χ4n) is 0.826. The smallest absolute Gasteiger partial charge is 0.118 e. The van der Waals surface area contributed by atoms with Gasteiger partial charge in [-0.3, -0.25) is 0 Å². The third-order valence-corrected chi connectivity index (χ3v) is 2.01. The lowest BCUT2D eigenvalue weighted by atomic mass is 10.2. The van der Waals surface area contributed by atoms with Crippen molar-refractivity contribution >= 4 is 51.3 Å². The summed E-state index contributed by atoms with van der Waals surface area (Å²) in [5, 5.41) is 0. The molecule has 0 aromatic heterocycles. The predicted octanol–water partition coefficient (Wildman–Crippen LogP) is 3.86. The van der Waals surface area contributed by atoms with E-state index in [0.29, 0.717) is 0 Å². The molecule has 0 saturated carbocycles. The second kappa shape index (κ2) is 5.06. The van der Waals surface area contributed by atoms with Crippen LogP contribution in [0.1, 0.15) is 5.56 Å². The summed E-state index contributed by atoms with van der Waals surface area (Å²) in [5.41, 5.74) is 1.20. The van der Waals surface area contributed by atoms with Crippen molar-refractivity contribution in [2.45, 2.75) is 0 Å². The number of halogens is 2. The molecule has 0 unspecified atom stereocenters. The maximum Gasteiger partial charge on any atom is 0.118 e. The highest BCUT2D eigenvalue weighted by atomic mass is 127. The summed E-state index contributed by atoms with van der Waals surface area (Å²) in [6.45, 7) is 0. The Kier molecular flexibility index (Phi) is 4.34. The lowest BCUT2D eigenvalue weighted by Gasteiger charge is -1.98. The average molecular weight is 386 g/mol. The molecule has 1 rings (SSSR count). The van der Waals surface area contributed by atoms with E-state index in [2.05, 4.69) is 51.3 Å². The van der Waals surface area contributed by atoms with Gasteiger partial charge in [-0.05, 0) is 69.0 Å². The van der Waals surface area contributed by atoms with E-state index in [1.807, 2.05) is 24.3 Å². The van der Waals surface area contributed by atoms with Gasteiger partial charge in [-0.1, -0.05) is 12.1 Å². The lowest BCUT2D eigenvalue weighted by Crippen LogP contribution is -1.81. The Morgan fingerprint density at radius 1 is 1.25 bits per heavy atom. The Hall–Kier alpha value is 0.220. The van der Waals surface area contributed by atoms with Crippen LogP contribution >= 0.6 is 45.2 Å². The molecular weight excluding hydrogens is 378 g/mol. The molecule has 0 N–H and O–H groups in total. The van der Waals surface area contributed by atoms with Crippen molar-refractivity contribution in [2.75, 3.05) is 7.11 Å². The van der Waals surface area contributed by atoms with Crippen LogP contribution in [0.4, 0.5) is 0 Å². The van der Waals surface area contributed by atoms with Gasteiger partial charge in [0.2, 0.25) is 0 Å². The van der Waals surface area contributed by atoms with Gasteiger partial charge in [0.1, 0.15) is 5.75 Å². The van der Waals surface area contributed by atoms with E-state index in [-0.39, 0.29) is 0 Å². The molecule has 0 aliphatic heterocycles. The van der Waals surface area contributed by atoms with Gasteiger partial charge in [-0.2, -0.15) is 0 Å². The average Bonchev–Trinajstić information content (AvgIpc) is 2.05. The number of benzene rings is 1. The predicted molar refractivity (Wildman–Crippen MR) is 69.0 cm³/mol. The van der Waals surface area contributed by atoms with Crippen LogP contribution in [0.25, 0.3) is 6.08 Å². The quantitative estimate of drug-likeness (QED) is 0.702. The molecule has 1 nitrogen and oxygen atoms in total. The van der Waals surface area contributed by atoms with Gasteiger partial charge in [-0.15, -0.1) is 0 Å². The molecule has 1 aromatic carbocycles. The van der Waals surface area contributed by atoms with E-state index < -0.39 is 0 Å². The van der Waals surface area contributed by atoms with E-state index >= 15 is 0 Å². The fraction of sp³-hybridized carbons (Fsp3) is 0.111. The molecule has 0 radical (unpaired) electrons. The van der Waals surface area contributed by atoms with E-state index in [0.717, 1.165) is 5.75 Å². The third-order valence-electron chi connectivity index (χ3n) is 1.39. The molecule has 3 heteroatoms. The van der Waals surface area contributed by atoms with Crippen molar-refractivity contribution in [1.82, 2.24) is 0 Å². The molecule has 0 bridgehead atoms. The summed E-state index contributed by atoms with van der Waals surface area (Å²) >= 11 is 4.56. The second-order valence-electron chi connectivity index (χ2n) is 2.21. The van der Waals surface area contributed by atoms with Crippen molar-refractivity contribution in [3.63, 3.8) is 0 Å². The van der Waals surface area contributed by atoms with Crippen LogP contribution in [0.5, 0.6) is 5.75 Å². The highest BCUT2D eigenvalue weighted by Crippen LogP contribution is 2.20. The van der Waals surface area contributed by atoms with Crippen LogP contribution in [0.3, 0.4) is 0 Å². The number of hydrogen-bond acceptors (Lipinski definition) is 1. The SMILES string of the molecule is COc1ccc(C=C(I)I)cc1. The number of methoxy groups -OCH3 is 1. The van der Waals surface area contributed by atoms with Crippen molar-refractivity contribution in [3.05, 3.63) is 31.4 Å². The Balaban J connectivity index is 2.85.